The van der Waals surface area contributed by atoms with Crippen LogP contribution < -0.4 is 0 Å². The molecule has 1 rings (SSSR count). The molecule has 1 heterocycles. The number of hydrogen-bond acceptors (Lipinski definition) is 1. The molecule has 0 fully saturated rings. The first kappa shape index (κ1) is 13.7. The van der Waals surface area contributed by atoms with Gasteiger partial charge in [-0.25, -0.2) is 4.98 Å². The molecule has 0 spiro atoms. The summed E-state index contributed by atoms with van der Waals surface area (Å²) in [4.78, 5) is 4.31. The molecule has 0 atom stereocenters. The molecule has 0 radical (unpaired) electrons. The van der Waals surface area contributed by atoms with Crippen molar-refractivity contribution >= 4 is 17.8 Å². The SMILES string of the molecule is C=C/C=C\n1c(/C(C=C)=C/C=C\C)cnc1C=C. The molecule has 0 bridgehead atoms. The Morgan fingerprint density at radius 1 is 1.28 bits per heavy atom. The van der Waals surface area contributed by atoms with Gasteiger partial charge in [-0.2, -0.15) is 0 Å². The van der Waals surface area contributed by atoms with Crippen LogP contribution in [0.4, 0.5) is 0 Å². The van der Waals surface area contributed by atoms with Gasteiger partial charge in [-0.1, -0.05) is 50.1 Å². The first-order valence-electron chi connectivity index (χ1n) is 5.73. The van der Waals surface area contributed by atoms with Crippen molar-refractivity contribution in [1.29, 1.82) is 0 Å². The summed E-state index contributed by atoms with van der Waals surface area (Å²) < 4.78 is 1.95. The van der Waals surface area contributed by atoms with E-state index in [1.165, 1.54) is 0 Å². The zero-order valence-corrected chi connectivity index (χ0v) is 10.7. The molecule has 92 valence electrons. The summed E-state index contributed by atoms with van der Waals surface area (Å²) in [5.41, 5.74) is 1.97. The zero-order valence-electron chi connectivity index (χ0n) is 10.7. The predicted octanol–water partition coefficient (Wildman–Crippen LogP) is 4.33. The van der Waals surface area contributed by atoms with E-state index in [0.717, 1.165) is 17.1 Å². The van der Waals surface area contributed by atoms with Crippen LogP contribution >= 0.6 is 0 Å². The first-order chi connectivity index (χ1) is 8.78. The lowest BCUT2D eigenvalue weighted by atomic mass is 10.2. The van der Waals surface area contributed by atoms with Crippen molar-refractivity contribution in [1.82, 2.24) is 9.55 Å². The standard InChI is InChI=1S/C16H18N2/c1-5-9-11-14(7-3)15-13-17-16(8-4)18(15)12-10-6-2/h5-13H,2-4H2,1H3/b9-5-,12-10-,14-11+. The topological polar surface area (TPSA) is 17.8 Å². The van der Waals surface area contributed by atoms with Gasteiger partial charge in [0.1, 0.15) is 5.82 Å². The van der Waals surface area contributed by atoms with Crippen LogP contribution in [0.2, 0.25) is 0 Å². The highest BCUT2D eigenvalue weighted by atomic mass is 15.1. The van der Waals surface area contributed by atoms with Crippen molar-refractivity contribution in [3.8, 4) is 0 Å². The van der Waals surface area contributed by atoms with E-state index in [2.05, 4.69) is 24.7 Å². The van der Waals surface area contributed by atoms with Gasteiger partial charge in [-0.3, -0.25) is 4.57 Å². The van der Waals surface area contributed by atoms with Gasteiger partial charge in [0.05, 0.1) is 11.9 Å². The third-order valence-electron chi connectivity index (χ3n) is 2.36. The summed E-state index contributed by atoms with van der Waals surface area (Å²) in [6, 6.07) is 0. The molecule has 0 N–H and O–H groups in total. The van der Waals surface area contributed by atoms with Gasteiger partial charge in [-0.05, 0) is 24.6 Å². The van der Waals surface area contributed by atoms with E-state index in [9.17, 15) is 0 Å². The van der Waals surface area contributed by atoms with Crippen molar-refractivity contribution in [3.05, 3.63) is 73.9 Å². The maximum atomic E-state index is 4.31. The summed E-state index contributed by atoms with van der Waals surface area (Å²) in [6.45, 7) is 13.2. The number of allylic oxidation sites excluding steroid dienone is 7. The Morgan fingerprint density at radius 2 is 2.06 bits per heavy atom. The molecule has 0 aromatic carbocycles. The van der Waals surface area contributed by atoms with Crippen molar-refractivity contribution in [2.75, 3.05) is 0 Å². The monoisotopic (exact) mass is 238 g/mol. The molecule has 0 saturated carbocycles. The quantitative estimate of drug-likeness (QED) is 0.674. The zero-order chi connectivity index (χ0) is 13.4. The van der Waals surface area contributed by atoms with Gasteiger partial charge in [-0.15, -0.1) is 0 Å². The lowest BCUT2D eigenvalue weighted by molar-refractivity contribution is 1.09. The Kier molecular flexibility index (Phi) is 5.39. The fourth-order valence-corrected chi connectivity index (χ4v) is 1.50. The highest BCUT2D eigenvalue weighted by Gasteiger charge is 2.07. The summed E-state index contributed by atoms with van der Waals surface area (Å²) in [7, 11) is 0. The van der Waals surface area contributed by atoms with Gasteiger partial charge >= 0.3 is 0 Å². The number of nitrogens with zero attached hydrogens (tertiary/aromatic N) is 2. The molecule has 0 saturated heterocycles. The smallest absolute Gasteiger partial charge is 0.136 e. The van der Waals surface area contributed by atoms with Crippen molar-refractivity contribution in [2.45, 2.75) is 6.92 Å². The highest BCUT2D eigenvalue weighted by Crippen LogP contribution is 2.18. The molecule has 0 unspecified atom stereocenters. The number of aromatic nitrogens is 2. The summed E-state index contributed by atoms with van der Waals surface area (Å²) >= 11 is 0. The fraction of sp³-hybridized carbons (Fsp3) is 0.0625. The van der Waals surface area contributed by atoms with Gasteiger partial charge < -0.3 is 0 Å². The molecule has 18 heavy (non-hydrogen) atoms. The van der Waals surface area contributed by atoms with Crippen LogP contribution in [-0.2, 0) is 0 Å². The van der Waals surface area contributed by atoms with Crippen LogP contribution in [0.3, 0.4) is 0 Å². The summed E-state index contributed by atoms with van der Waals surface area (Å²) in [5.74, 6) is 0.788. The Hall–Kier alpha value is -2.35. The number of imidazole rings is 1. The summed E-state index contributed by atoms with van der Waals surface area (Å²) in [5, 5.41) is 0. The molecule has 0 aliphatic rings. The average molecular weight is 238 g/mol. The van der Waals surface area contributed by atoms with Crippen molar-refractivity contribution in [3.63, 3.8) is 0 Å². The van der Waals surface area contributed by atoms with Gasteiger partial charge in [0.2, 0.25) is 0 Å². The molecule has 1 aromatic heterocycles. The molecule has 2 nitrogen and oxygen atoms in total. The Bertz CT molecular complexity index is 525. The van der Waals surface area contributed by atoms with E-state index in [1.54, 1.807) is 18.3 Å². The second kappa shape index (κ2) is 7.07. The average Bonchev–Trinajstić information content (AvgIpc) is 2.80. The van der Waals surface area contributed by atoms with E-state index in [1.807, 2.05) is 48.1 Å². The van der Waals surface area contributed by atoms with Crippen LogP contribution in [0.25, 0.3) is 17.8 Å². The van der Waals surface area contributed by atoms with Crippen LogP contribution in [0.1, 0.15) is 18.4 Å². The van der Waals surface area contributed by atoms with Gasteiger partial charge in [0, 0.05) is 6.20 Å². The first-order valence-corrected chi connectivity index (χ1v) is 5.73. The number of rotatable bonds is 6. The van der Waals surface area contributed by atoms with Gasteiger partial charge in [0.15, 0.2) is 0 Å². The van der Waals surface area contributed by atoms with E-state index >= 15 is 0 Å². The van der Waals surface area contributed by atoms with Crippen LogP contribution in [0, 0.1) is 0 Å². The summed E-state index contributed by atoms with van der Waals surface area (Å²) in [6.07, 6.45) is 16.7. The minimum atomic E-state index is 0.788. The molecular formula is C16H18N2. The third-order valence-corrected chi connectivity index (χ3v) is 2.36. The van der Waals surface area contributed by atoms with E-state index in [-0.39, 0.29) is 0 Å². The van der Waals surface area contributed by atoms with E-state index in [4.69, 9.17) is 0 Å². The molecule has 2 heteroatoms. The van der Waals surface area contributed by atoms with Crippen LogP contribution in [-0.4, -0.2) is 9.55 Å². The Labute approximate surface area is 109 Å². The maximum absolute atomic E-state index is 4.31. The van der Waals surface area contributed by atoms with Gasteiger partial charge in [0.25, 0.3) is 0 Å². The number of hydrogen-bond donors (Lipinski definition) is 0. The third kappa shape index (κ3) is 3.08. The van der Waals surface area contributed by atoms with E-state index < -0.39 is 0 Å². The molecule has 1 aromatic rings. The molecule has 0 aliphatic carbocycles. The fourth-order valence-electron chi connectivity index (χ4n) is 1.50. The highest BCUT2D eigenvalue weighted by molar-refractivity contribution is 5.74. The maximum Gasteiger partial charge on any atom is 0.136 e. The second-order valence-corrected chi connectivity index (χ2v) is 3.50. The van der Waals surface area contributed by atoms with Crippen LogP contribution in [0.5, 0.6) is 0 Å². The Balaban J connectivity index is 3.34. The molecule has 0 amide bonds. The molecular weight excluding hydrogens is 220 g/mol. The lowest BCUT2D eigenvalue weighted by Gasteiger charge is -2.05. The van der Waals surface area contributed by atoms with Crippen molar-refractivity contribution in [2.24, 2.45) is 0 Å². The van der Waals surface area contributed by atoms with Crippen LogP contribution in [0.15, 0.2) is 62.4 Å². The van der Waals surface area contributed by atoms with E-state index in [0.29, 0.717) is 0 Å². The molecule has 0 aliphatic heterocycles. The minimum Gasteiger partial charge on any atom is -0.300 e. The Morgan fingerprint density at radius 3 is 2.61 bits per heavy atom. The predicted molar refractivity (Wildman–Crippen MR) is 80.8 cm³/mol. The lowest BCUT2D eigenvalue weighted by Crippen LogP contribution is -1.95. The largest absolute Gasteiger partial charge is 0.300 e. The second-order valence-electron chi connectivity index (χ2n) is 3.50. The normalized spacial score (nSPS) is 12.2. The van der Waals surface area contributed by atoms with Crippen molar-refractivity contribution < 1.29 is 0 Å². The minimum absolute atomic E-state index is 0.788.